The van der Waals surface area contributed by atoms with E-state index in [0.717, 1.165) is 35.8 Å². The van der Waals surface area contributed by atoms with E-state index in [9.17, 15) is 0 Å². The zero-order chi connectivity index (χ0) is 14.9. The SMILES string of the molecule is Cc1cccc(CSCCCOc2ccc(CN)cc2)c1. The van der Waals surface area contributed by atoms with Gasteiger partial charge in [0, 0.05) is 12.3 Å². The molecular formula is C18H23NOS. The van der Waals surface area contributed by atoms with E-state index in [-0.39, 0.29) is 0 Å². The summed E-state index contributed by atoms with van der Waals surface area (Å²) in [6, 6.07) is 16.7. The molecule has 2 aromatic rings. The van der Waals surface area contributed by atoms with Gasteiger partial charge in [-0.1, -0.05) is 42.0 Å². The minimum absolute atomic E-state index is 0.579. The van der Waals surface area contributed by atoms with Crippen molar-refractivity contribution in [1.82, 2.24) is 0 Å². The number of ether oxygens (including phenoxy) is 1. The average Bonchev–Trinajstić information content (AvgIpc) is 2.51. The van der Waals surface area contributed by atoms with Crippen LogP contribution in [0, 0.1) is 6.92 Å². The van der Waals surface area contributed by atoms with Crippen molar-refractivity contribution < 1.29 is 4.74 Å². The van der Waals surface area contributed by atoms with Gasteiger partial charge < -0.3 is 10.5 Å². The highest BCUT2D eigenvalue weighted by molar-refractivity contribution is 7.98. The number of hydrogen-bond acceptors (Lipinski definition) is 3. The minimum Gasteiger partial charge on any atom is -0.494 e. The molecule has 0 fully saturated rings. The van der Waals surface area contributed by atoms with Crippen molar-refractivity contribution in [3.8, 4) is 5.75 Å². The highest BCUT2D eigenvalue weighted by Crippen LogP contribution is 2.15. The van der Waals surface area contributed by atoms with E-state index < -0.39 is 0 Å². The fourth-order valence-electron chi connectivity index (χ4n) is 2.06. The molecule has 0 saturated heterocycles. The van der Waals surface area contributed by atoms with Crippen LogP contribution in [0.5, 0.6) is 5.75 Å². The topological polar surface area (TPSA) is 35.2 Å². The molecule has 0 spiro atoms. The molecule has 0 unspecified atom stereocenters. The molecule has 112 valence electrons. The molecule has 3 heteroatoms. The number of benzene rings is 2. The zero-order valence-electron chi connectivity index (χ0n) is 12.5. The maximum absolute atomic E-state index is 5.72. The Hall–Kier alpha value is -1.45. The third kappa shape index (κ3) is 5.82. The molecule has 0 aliphatic rings. The summed E-state index contributed by atoms with van der Waals surface area (Å²) in [6.45, 7) is 3.48. The summed E-state index contributed by atoms with van der Waals surface area (Å²) in [7, 11) is 0. The van der Waals surface area contributed by atoms with Crippen molar-refractivity contribution in [2.24, 2.45) is 5.73 Å². The Bertz CT molecular complexity index is 539. The van der Waals surface area contributed by atoms with Gasteiger partial charge in [-0.25, -0.2) is 0 Å². The maximum atomic E-state index is 5.72. The third-order valence-electron chi connectivity index (χ3n) is 3.21. The van der Waals surface area contributed by atoms with Crippen LogP contribution >= 0.6 is 11.8 Å². The molecule has 2 rings (SSSR count). The van der Waals surface area contributed by atoms with Gasteiger partial charge in [-0.2, -0.15) is 11.8 Å². The lowest BCUT2D eigenvalue weighted by atomic mass is 10.2. The van der Waals surface area contributed by atoms with Gasteiger partial charge in [-0.05, 0) is 42.4 Å². The lowest BCUT2D eigenvalue weighted by Gasteiger charge is -2.07. The van der Waals surface area contributed by atoms with Crippen molar-refractivity contribution in [1.29, 1.82) is 0 Å². The first-order chi connectivity index (χ1) is 10.3. The van der Waals surface area contributed by atoms with Gasteiger partial charge in [0.15, 0.2) is 0 Å². The van der Waals surface area contributed by atoms with Gasteiger partial charge in [0.25, 0.3) is 0 Å². The van der Waals surface area contributed by atoms with Crippen molar-refractivity contribution in [2.75, 3.05) is 12.4 Å². The highest BCUT2D eigenvalue weighted by atomic mass is 32.2. The summed E-state index contributed by atoms with van der Waals surface area (Å²) >= 11 is 1.96. The largest absolute Gasteiger partial charge is 0.494 e. The van der Waals surface area contributed by atoms with Gasteiger partial charge >= 0.3 is 0 Å². The minimum atomic E-state index is 0.579. The Kier molecular flexibility index (Phi) is 6.64. The molecule has 2 nitrogen and oxygen atoms in total. The van der Waals surface area contributed by atoms with E-state index in [1.54, 1.807) is 0 Å². The lowest BCUT2D eigenvalue weighted by Crippen LogP contribution is -2.00. The molecule has 0 radical (unpaired) electrons. The molecule has 0 saturated carbocycles. The van der Waals surface area contributed by atoms with E-state index in [1.165, 1.54) is 11.1 Å². The molecule has 2 aromatic carbocycles. The Labute approximate surface area is 131 Å². The first kappa shape index (κ1) is 15.9. The predicted molar refractivity (Wildman–Crippen MR) is 91.8 cm³/mol. The Balaban J connectivity index is 1.59. The van der Waals surface area contributed by atoms with Crippen LogP contribution in [0.1, 0.15) is 23.1 Å². The van der Waals surface area contributed by atoms with Crippen LogP contribution < -0.4 is 10.5 Å². The molecule has 0 atom stereocenters. The lowest BCUT2D eigenvalue weighted by molar-refractivity contribution is 0.318. The monoisotopic (exact) mass is 301 g/mol. The Morgan fingerprint density at radius 1 is 1.05 bits per heavy atom. The molecule has 0 aromatic heterocycles. The molecule has 0 aliphatic carbocycles. The van der Waals surface area contributed by atoms with E-state index in [1.807, 2.05) is 36.0 Å². The van der Waals surface area contributed by atoms with Gasteiger partial charge in [0.2, 0.25) is 0 Å². The summed E-state index contributed by atoms with van der Waals surface area (Å²) in [5.41, 5.74) is 9.44. The van der Waals surface area contributed by atoms with E-state index in [4.69, 9.17) is 10.5 Å². The molecule has 0 heterocycles. The fourth-order valence-corrected chi connectivity index (χ4v) is 2.95. The number of nitrogens with two attached hydrogens (primary N) is 1. The van der Waals surface area contributed by atoms with Crippen LogP contribution in [0.4, 0.5) is 0 Å². The van der Waals surface area contributed by atoms with Gasteiger partial charge in [0.05, 0.1) is 6.61 Å². The van der Waals surface area contributed by atoms with E-state index in [0.29, 0.717) is 6.54 Å². The molecule has 0 bridgehead atoms. The Morgan fingerprint density at radius 3 is 2.57 bits per heavy atom. The first-order valence-corrected chi connectivity index (χ1v) is 8.48. The van der Waals surface area contributed by atoms with Crippen LogP contribution in [-0.4, -0.2) is 12.4 Å². The molecule has 0 amide bonds. The van der Waals surface area contributed by atoms with Gasteiger partial charge in [0.1, 0.15) is 5.75 Å². The van der Waals surface area contributed by atoms with Crippen molar-refractivity contribution in [2.45, 2.75) is 25.6 Å². The van der Waals surface area contributed by atoms with E-state index in [2.05, 4.69) is 31.2 Å². The van der Waals surface area contributed by atoms with Gasteiger partial charge in [-0.3, -0.25) is 0 Å². The van der Waals surface area contributed by atoms with E-state index >= 15 is 0 Å². The molecule has 0 aliphatic heterocycles. The second-order valence-electron chi connectivity index (χ2n) is 5.09. The first-order valence-electron chi connectivity index (χ1n) is 7.33. The second kappa shape index (κ2) is 8.75. The number of hydrogen-bond donors (Lipinski definition) is 1. The van der Waals surface area contributed by atoms with Crippen LogP contribution in [0.2, 0.25) is 0 Å². The fraction of sp³-hybridized carbons (Fsp3) is 0.333. The van der Waals surface area contributed by atoms with Crippen molar-refractivity contribution in [3.05, 3.63) is 65.2 Å². The molecule has 2 N–H and O–H groups in total. The summed E-state index contributed by atoms with van der Waals surface area (Å²) in [6.07, 6.45) is 1.06. The summed E-state index contributed by atoms with van der Waals surface area (Å²) in [5.74, 6) is 3.12. The smallest absolute Gasteiger partial charge is 0.119 e. The number of rotatable bonds is 8. The zero-order valence-corrected chi connectivity index (χ0v) is 13.4. The third-order valence-corrected chi connectivity index (χ3v) is 4.33. The standard InChI is InChI=1S/C18H23NOS/c1-15-4-2-5-17(12-15)14-21-11-3-10-20-18-8-6-16(13-19)7-9-18/h2,4-9,12H,3,10-11,13-14,19H2,1H3. The quantitative estimate of drug-likeness (QED) is 0.744. The summed E-state index contributed by atoms with van der Waals surface area (Å²) in [4.78, 5) is 0. The average molecular weight is 301 g/mol. The molecule has 21 heavy (non-hydrogen) atoms. The predicted octanol–water partition coefficient (Wildman–Crippen LogP) is 4.16. The normalized spacial score (nSPS) is 10.6. The highest BCUT2D eigenvalue weighted by Gasteiger charge is 1.97. The molecular weight excluding hydrogens is 278 g/mol. The second-order valence-corrected chi connectivity index (χ2v) is 6.20. The van der Waals surface area contributed by atoms with Crippen LogP contribution in [0.3, 0.4) is 0 Å². The van der Waals surface area contributed by atoms with Crippen LogP contribution in [-0.2, 0) is 12.3 Å². The van der Waals surface area contributed by atoms with Crippen LogP contribution in [0.25, 0.3) is 0 Å². The van der Waals surface area contributed by atoms with Crippen molar-refractivity contribution >= 4 is 11.8 Å². The maximum Gasteiger partial charge on any atom is 0.119 e. The van der Waals surface area contributed by atoms with Gasteiger partial charge in [-0.15, -0.1) is 0 Å². The summed E-state index contributed by atoms with van der Waals surface area (Å²) in [5, 5.41) is 0. The number of thioether (sulfide) groups is 1. The summed E-state index contributed by atoms with van der Waals surface area (Å²) < 4.78 is 5.72. The number of aryl methyl sites for hydroxylation is 1. The Morgan fingerprint density at radius 2 is 1.86 bits per heavy atom. The van der Waals surface area contributed by atoms with Crippen molar-refractivity contribution in [3.63, 3.8) is 0 Å². The van der Waals surface area contributed by atoms with Crippen LogP contribution in [0.15, 0.2) is 48.5 Å².